The van der Waals surface area contributed by atoms with E-state index in [1.165, 1.54) is 14.0 Å². The predicted octanol–water partition coefficient (Wildman–Crippen LogP) is 2.95. The molecule has 0 aliphatic carbocycles. The van der Waals surface area contributed by atoms with Crippen LogP contribution in [0.1, 0.15) is 45.6 Å². The fourth-order valence-electron chi connectivity index (χ4n) is 4.67. The molecule has 5 unspecified atom stereocenters. The largest absolute Gasteiger partial charge is 0.480 e. The molecular formula is C23H35N3O4. The molecule has 1 aliphatic rings. The summed E-state index contributed by atoms with van der Waals surface area (Å²) in [5, 5.41) is 16.9. The smallest absolute Gasteiger partial charge is 0.320 e. The normalized spacial score (nSPS) is 22.5. The molecule has 0 bridgehead atoms. The molecule has 1 aliphatic heterocycles. The number of benzene rings is 1. The van der Waals surface area contributed by atoms with E-state index in [0.29, 0.717) is 13.0 Å². The molecule has 2 rings (SSSR count). The molecule has 1 fully saturated rings. The molecule has 7 heteroatoms. The second-order valence-electron chi connectivity index (χ2n) is 8.18. The maximum absolute atomic E-state index is 12.1. The number of carboxylic acids is 1. The highest BCUT2D eigenvalue weighted by molar-refractivity contribution is 5.76. The average molecular weight is 418 g/mol. The quantitative estimate of drug-likeness (QED) is 0.427. The maximum atomic E-state index is 12.1. The second kappa shape index (κ2) is 11.7. The van der Waals surface area contributed by atoms with Gasteiger partial charge in [-0.05, 0) is 37.7 Å². The van der Waals surface area contributed by atoms with E-state index in [4.69, 9.17) is 4.84 Å². The minimum atomic E-state index is -0.816. The van der Waals surface area contributed by atoms with Crippen LogP contribution in [0.4, 0.5) is 0 Å². The molecule has 1 amide bonds. The first-order valence-electron chi connectivity index (χ1n) is 10.7. The van der Waals surface area contributed by atoms with E-state index in [2.05, 4.69) is 34.4 Å². The monoisotopic (exact) mass is 417 g/mol. The molecular weight excluding hydrogens is 382 g/mol. The van der Waals surface area contributed by atoms with E-state index in [1.807, 2.05) is 25.1 Å². The Morgan fingerprint density at radius 1 is 1.37 bits per heavy atom. The number of nitrogens with one attached hydrogen (secondary N) is 1. The Bertz CT molecular complexity index is 710. The Hall–Kier alpha value is -2.41. The summed E-state index contributed by atoms with van der Waals surface area (Å²) in [5.41, 5.74) is 1.16. The van der Waals surface area contributed by atoms with Crippen molar-refractivity contribution in [3.8, 4) is 0 Å². The number of carbonyl (C=O) groups excluding carboxylic acids is 1. The van der Waals surface area contributed by atoms with Gasteiger partial charge in [0.25, 0.3) is 0 Å². The molecule has 0 radical (unpaired) electrons. The van der Waals surface area contributed by atoms with Gasteiger partial charge in [0.15, 0.2) is 0 Å². The van der Waals surface area contributed by atoms with Crippen molar-refractivity contribution < 1.29 is 19.5 Å². The van der Waals surface area contributed by atoms with Gasteiger partial charge in [0.1, 0.15) is 13.2 Å². The van der Waals surface area contributed by atoms with Crippen molar-refractivity contribution in [1.29, 1.82) is 0 Å². The van der Waals surface area contributed by atoms with Gasteiger partial charge in [0, 0.05) is 37.7 Å². The lowest BCUT2D eigenvalue weighted by Gasteiger charge is -2.40. The third-order valence-corrected chi connectivity index (χ3v) is 5.94. The van der Waals surface area contributed by atoms with Crippen molar-refractivity contribution in [2.45, 2.75) is 64.6 Å². The van der Waals surface area contributed by atoms with Gasteiger partial charge in [-0.1, -0.05) is 48.8 Å². The Balaban J connectivity index is 2.40. The van der Waals surface area contributed by atoms with Crippen LogP contribution in [0.25, 0.3) is 0 Å². The predicted molar refractivity (Wildman–Crippen MR) is 117 cm³/mol. The molecule has 1 saturated heterocycles. The van der Waals surface area contributed by atoms with Gasteiger partial charge < -0.3 is 15.3 Å². The summed E-state index contributed by atoms with van der Waals surface area (Å²) in [6, 6.07) is 9.49. The van der Waals surface area contributed by atoms with Crippen LogP contribution in [0.3, 0.4) is 0 Å². The minimum absolute atomic E-state index is 0.0164. The Morgan fingerprint density at radius 3 is 2.63 bits per heavy atom. The highest BCUT2D eigenvalue weighted by Crippen LogP contribution is 2.32. The van der Waals surface area contributed by atoms with Gasteiger partial charge in [-0.15, -0.1) is 0 Å². The number of rotatable bonds is 11. The van der Waals surface area contributed by atoms with Crippen molar-refractivity contribution in [1.82, 2.24) is 10.2 Å². The first-order chi connectivity index (χ1) is 14.4. The lowest BCUT2D eigenvalue weighted by atomic mass is 9.83. The van der Waals surface area contributed by atoms with Crippen LogP contribution in [0.5, 0.6) is 0 Å². The number of hydrogen-bond acceptors (Lipinski definition) is 5. The third kappa shape index (κ3) is 6.55. The topological polar surface area (TPSA) is 91.2 Å². The van der Waals surface area contributed by atoms with E-state index in [-0.39, 0.29) is 29.8 Å². The van der Waals surface area contributed by atoms with Crippen molar-refractivity contribution in [3.63, 3.8) is 0 Å². The number of carbonyl (C=O) groups is 2. The van der Waals surface area contributed by atoms with Gasteiger partial charge in [-0.2, -0.15) is 0 Å². The maximum Gasteiger partial charge on any atom is 0.320 e. The number of aliphatic carboxylic acids is 1. The summed E-state index contributed by atoms with van der Waals surface area (Å²) in [7, 11) is 1.49. The number of amides is 1. The molecule has 166 valence electrons. The zero-order valence-corrected chi connectivity index (χ0v) is 18.5. The number of likely N-dealkylation sites (tertiary alicyclic amines) is 1. The molecule has 1 aromatic rings. The van der Waals surface area contributed by atoms with Crippen molar-refractivity contribution in [2.75, 3.05) is 13.7 Å². The van der Waals surface area contributed by atoms with E-state index < -0.39 is 12.0 Å². The minimum Gasteiger partial charge on any atom is -0.480 e. The van der Waals surface area contributed by atoms with Gasteiger partial charge in [-0.3, -0.25) is 14.5 Å². The standard InChI is InChI=1S/C23H35N3O4/c1-5-9-20(16(2)25-17(3)27)21(12-18-10-7-6-8-11-18)26-15-19(14-24-30-4)13-22(26)23(28)29/h6-8,10-11,14,16,19-22H,5,9,12-13,15H2,1-4H3,(H,25,27)(H,28,29). The third-order valence-electron chi connectivity index (χ3n) is 5.94. The fourth-order valence-corrected chi connectivity index (χ4v) is 4.67. The summed E-state index contributed by atoms with van der Waals surface area (Å²) < 4.78 is 0. The molecule has 1 heterocycles. The van der Waals surface area contributed by atoms with Gasteiger partial charge in [0.05, 0.1) is 0 Å². The molecule has 5 atom stereocenters. The second-order valence-corrected chi connectivity index (χ2v) is 8.18. The van der Waals surface area contributed by atoms with Crippen LogP contribution in [0, 0.1) is 11.8 Å². The van der Waals surface area contributed by atoms with Crippen LogP contribution in [-0.4, -0.2) is 59.9 Å². The highest BCUT2D eigenvalue weighted by atomic mass is 16.6. The van der Waals surface area contributed by atoms with Gasteiger partial charge in [-0.25, -0.2) is 0 Å². The van der Waals surface area contributed by atoms with Crippen LogP contribution in [0.15, 0.2) is 35.5 Å². The molecule has 1 aromatic carbocycles. The SMILES string of the molecule is CCCC(C(C)NC(C)=O)C(Cc1ccccc1)N1CC(C=NOC)CC1C(=O)O. The first-order valence-corrected chi connectivity index (χ1v) is 10.7. The number of nitrogens with zero attached hydrogens (tertiary/aromatic N) is 2. The van der Waals surface area contributed by atoms with Crippen molar-refractivity contribution >= 4 is 18.1 Å². The van der Waals surface area contributed by atoms with Crippen LogP contribution >= 0.6 is 0 Å². The zero-order valence-electron chi connectivity index (χ0n) is 18.5. The Labute approximate surface area is 179 Å². The highest BCUT2D eigenvalue weighted by Gasteiger charge is 2.43. The summed E-state index contributed by atoms with van der Waals surface area (Å²) in [6.07, 6.45) is 4.80. The van der Waals surface area contributed by atoms with Crippen molar-refractivity contribution in [2.24, 2.45) is 17.0 Å². The zero-order chi connectivity index (χ0) is 22.1. The lowest BCUT2D eigenvalue weighted by molar-refractivity contribution is -0.143. The summed E-state index contributed by atoms with van der Waals surface area (Å²) in [4.78, 5) is 30.8. The summed E-state index contributed by atoms with van der Waals surface area (Å²) >= 11 is 0. The molecule has 0 aromatic heterocycles. The number of carboxylic acid groups (broad SMARTS) is 1. The van der Waals surface area contributed by atoms with Crippen LogP contribution in [-0.2, 0) is 20.8 Å². The Morgan fingerprint density at radius 2 is 2.07 bits per heavy atom. The number of hydrogen-bond donors (Lipinski definition) is 2. The van der Waals surface area contributed by atoms with E-state index in [9.17, 15) is 14.7 Å². The van der Waals surface area contributed by atoms with Gasteiger partial charge >= 0.3 is 5.97 Å². The van der Waals surface area contributed by atoms with Crippen molar-refractivity contribution in [3.05, 3.63) is 35.9 Å². The van der Waals surface area contributed by atoms with E-state index >= 15 is 0 Å². The van der Waals surface area contributed by atoms with E-state index in [1.54, 1.807) is 6.21 Å². The van der Waals surface area contributed by atoms with Crippen LogP contribution in [0.2, 0.25) is 0 Å². The van der Waals surface area contributed by atoms with E-state index in [0.717, 1.165) is 24.8 Å². The molecule has 7 nitrogen and oxygen atoms in total. The molecule has 0 saturated carbocycles. The molecule has 30 heavy (non-hydrogen) atoms. The van der Waals surface area contributed by atoms with Crippen LogP contribution < -0.4 is 5.32 Å². The van der Waals surface area contributed by atoms with Gasteiger partial charge in [0.2, 0.25) is 5.91 Å². The molecule has 2 N–H and O–H groups in total. The summed E-state index contributed by atoms with van der Waals surface area (Å²) in [6.45, 7) is 6.28. The fraction of sp³-hybridized carbons (Fsp3) is 0.609. The molecule has 0 spiro atoms. The summed E-state index contributed by atoms with van der Waals surface area (Å²) in [5.74, 6) is -0.742. The average Bonchev–Trinajstić information content (AvgIpc) is 3.13. The lowest BCUT2D eigenvalue weighted by Crippen LogP contribution is -2.53. The first kappa shape index (κ1) is 23.9. The number of oxime groups is 1. The Kier molecular flexibility index (Phi) is 9.30.